The minimum Gasteiger partial charge on any atom is -0.489 e. The number of aliphatic hydroxyl groups is 1. The first kappa shape index (κ1) is 37.0. The maximum Gasteiger partial charge on any atom is 0.320 e. The number of β-amino-alcohol motifs (C(OH)–C–C–N with tert-alkyl or cyclic N) is 1. The molecule has 1 aromatic heterocycles. The Balaban J connectivity index is 1.28. The van der Waals surface area contributed by atoms with E-state index in [1.807, 2.05) is 60.4 Å². The number of aliphatic hydroxyl groups excluding tert-OH is 1. The molecule has 4 atom stereocenters. The van der Waals surface area contributed by atoms with Crippen molar-refractivity contribution in [1.29, 1.82) is 5.26 Å². The van der Waals surface area contributed by atoms with Crippen LogP contribution in [0.3, 0.4) is 0 Å². The van der Waals surface area contributed by atoms with Gasteiger partial charge in [-0.2, -0.15) is 5.26 Å². The largest absolute Gasteiger partial charge is 0.489 e. The minimum absolute atomic E-state index is 0.00456. The van der Waals surface area contributed by atoms with Crippen LogP contribution in [0, 0.1) is 17.2 Å². The van der Waals surface area contributed by atoms with Crippen molar-refractivity contribution < 1.29 is 34.0 Å². The fraction of sp³-hybridized carbons (Fsp3) is 0.400. The molecule has 11 nitrogen and oxygen atoms in total. The van der Waals surface area contributed by atoms with Crippen molar-refractivity contribution in [2.24, 2.45) is 5.92 Å². The molecule has 272 valence electrons. The standard InChI is InChI=1S/C40H43ClN4O7/c1-27-33(30-8-3-2-4-9-30)10-7-13-40(27,52-25-38(47)45-15-12-32(46)23-45)26-51-37-18-36(50-24-29-16-28(19-42)20-43-21-29)31(17-34(37)41)22-44-14-6-5-11-35(44)39(48)49/h2-4,7-10,13,16-18,20-21,27,32,35,46H,5-6,11-12,14-15,22-26H2,1H3,(H,48,49)/t27?,32-,35+,40?/m1/s1. The highest BCUT2D eigenvalue weighted by Crippen LogP contribution is 2.41. The number of pyridine rings is 1. The van der Waals surface area contributed by atoms with E-state index < -0.39 is 23.7 Å². The van der Waals surface area contributed by atoms with Crippen LogP contribution in [0.15, 0.2) is 79.2 Å². The van der Waals surface area contributed by atoms with Crippen LogP contribution in [0.25, 0.3) is 5.57 Å². The molecule has 2 fully saturated rings. The fourth-order valence-electron chi connectivity index (χ4n) is 7.09. The van der Waals surface area contributed by atoms with Gasteiger partial charge in [-0.25, -0.2) is 0 Å². The van der Waals surface area contributed by atoms with Gasteiger partial charge in [0.1, 0.15) is 49.0 Å². The number of hydrogen-bond acceptors (Lipinski definition) is 9. The van der Waals surface area contributed by atoms with Gasteiger partial charge in [-0.15, -0.1) is 0 Å². The number of carboxylic acids is 1. The van der Waals surface area contributed by atoms with Crippen LogP contribution in [-0.4, -0.2) is 87.5 Å². The van der Waals surface area contributed by atoms with Gasteiger partial charge in [-0.1, -0.05) is 67.4 Å². The highest BCUT2D eigenvalue weighted by atomic mass is 35.5. The highest BCUT2D eigenvalue weighted by molar-refractivity contribution is 6.32. The fourth-order valence-corrected chi connectivity index (χ4v) is 7.33. The number of amides is 1. The van der Waals surface area contributed by atoms with Gasteiger partial charge in [0.2, 0.25) is 5.91 Å². The van der Waals surface area contributed by atoms with Gasteiger partial charge in [0.05, 0.1) is 16.7 Å². The average molecular weight is 727 g/mol. The molecule has 2 N–H and O–H groups in total. The number of carbonyl (C=O) groups excluding carboxylic acids is 1. The first-order valence-corrected chi connectivity index (χ1v) is 18.0. The third-order valence-electron chi connectivity index (χ3n) is 10.1. The predicted molar refractivity (Wildman–Crippen MR) is 195 cm³/mol. The number of likely N-dealkylation sites (tertiary alicyclic amines) is 2. The molecular formula is C40H43ClN4O7. The molecule has 52 heavy (non-hydrogen) atoms. The summed E-state index contributed by atoms with van der Waals surface area (Å²) in [6.45, 7) is 3.61. The molecule has 2 unspecified atom stereocenters. The van der Waals surface area contributed by atoms with E-state index in [9.17, 15) is 25.1 Å². The lowest BCUT2D eigenvalue weighted by atomic mass is 9.77. The molecule has 0 bridgehead atoms. The summed E-state index contributed by atoms with van der Waals surface area (Å²) < 4.78 is 19.4. The Labute approximate surface area is 308 Å². The third kappa shape index (κ3) is 8.65. The topological polar surface area (TPSA) is 145 Å². The van der Waals surface area contributed by atoms with Crippen molar-refractivity contribution in [2.45, 2.75) is 63.5 Å². The Morgan fingerprint density at radius 3 is 2.65 bits per heavy atom. The summed E-state index contributed by atoms with van der Waals surface area (Å²) in [5.41, 5.74) is 2.76. The van der Waals surface area contributed by atoms with Crippen molar-refractivity contribution >= 4 is 29.1 Å². The molecule has 3 aromatic rings. The third-order valence-corrected chi connectivity index (χ3v) is 10.4. The van der Waals surface area contributed by atoms with Crippen LogP contribution >= 0.6 is 11.6 Å². The van der Waals surface area contributed by atoms with Crippen LogP contribution < -0.4 is 9.47 Å². The molecule has 2 aromatic carbocycles. The molecule has 2 saturated heterocycles. The SMILES string of the molecule is CC1C(c2ccccc2)=CC=CC1(COc1cc(OCc2cncc(C#N)c2)c(CN2CCCC[C@H]2C(=O)O)cc1Cl)OCC(=O)N1CC[C@@H](O)C1. The Hall–Kier alpha value is -4.73. The summed E-state index contributed by atoms with van der Waals surface area (Å²) in [4.78, 5) is 33.0. The van der Waals surface area contributed by atoms with Gasteiger partial charge in [-0.05, 0) is 55.2 Å². The summed E-state index contributed by atoms with van der Waals surface area (Å²) in [6, 6.07) is 16.6. The summed E-state index contributed by atoms with van der Waals surface area (Å²) in [5.74, 6) is -0.538. The van der Waals surface area contributed by atoms with Crippen LogP contribution in [0.5, 0.6) is 11.5 Å². The monoisotopic (exact) mass is 726 g/mol. The van der Waals surface area contributed by atoms with Crippen molar-refractivity contribution in [3.63, 3.8) is 0 Å². The number of aromatic nitrogens is 1. The molecular weight excluding hydrogens is 684 g/mol. The summed E-state index contributed by atoms with van der Waals surface area (Å²) in [5, 5.41) is 29.6. The molecule has 6 rings (SSSR count). The number of hydrogen-bond donors (Lipinski definition) is 2. The number of halogens is 1. The van der Waals surface area contributed by atoms with Crippen molar-refractivity contribution in [1.82, 2.24) is 14.8 Å². The molecule has 1 amide bonds. The molecule has 2 aliphatic heterocycles. The number of aliphatic carboxylic acids is 1. The van der Waals surface area contributed by atoms with Crippen LogP contribution in [0.1, 0.15) is 54.9 Å². The van der Waals surface area contributed by atoms with Crippen molar-refractivity contribution in [2.75, 3.05) is 32.8 Å². The zero-order valence-corrected chi connectivity index (χ0v) is 29.9. The number of piperidine rings is 1. The smallest absolute Gasteiger partial charge is 0.320 e. The molecule has 3 heterocycles. The number of carboxylic acid groups (broad SMARTS) is 1. The summed E-state index contributed by atoms with van der Waals surface area (Å²) >= 11 is 6.91. The van der Waals surface area contributed by atoms with E-state index in [4.69, 9.17) is 25.8 Å². The van der Waals surface area contributed by atoms with Gasteiger partial charge >= 0.3 is 5.97 Å². The van der Waals surface area contributed by atoms with Gasteiger partial charge in [0.25, 0.3) is 0 Å². The number of allylic oxidation sites excluding steroid dienone is 2. The van der Waals surface area contributed by atoms with Gasteiger partial charge in [0.15, 0.2) is 0 Å². The van der Waals surface area contributed by atoms with Gasteiger partial charge in [0, 0.05) is 55.1 Å². The number of benzene rings is 2. The second kappa shape index (κ2) is 16.7. The maximum atomic E-state index is 13.2. The number of rotatable bonds is 13. The van der Waals surface area contributed by atoms with Crippen LogP contribution in [0.4, 0.5) is 0 Å². The summed E-state index contributed by atoms with van der Waals surface area (Å²) in [7, 11) is 0. The van der Waals surface area contributed by atoms with E-state index >= 15 is 0 Å². The van der Waals surface area contributed by atoms with Crippen LogP contribution in [0.2, 0.25) is 5.02 Å². The molecule has 1 aliphatic carbocycles. The lowest BCUT2D eigenvalue weighted by molar-refractivity contribution is -0.145. The quantitative estimate of drug-likeness (QED) is 0.227. The number of carbonyl (C=O) groups is 2. The number of nitriles is 1. The lowest BCUT2D eigenvalue weighted by Crippen LogP contribution is -2.47. The molecule has 3 aliphatic rings. The molecule has 0 spiro atoms. The summed E-state index contributed by atoms with van der Waals surface area (Å²) in [6.07, 6.45) is 11.2. The average Bonchev–Trinajstić information content (AvgIpc) is 3.60. The Bertz CT molecular complexity index is 1860. The van der Waals surface area contributed by atoms with E-state index in [1.165, 1.54) is 6.20 Å². The number of ether oxygens (including phenoxy) is 3. The predicted octanol–water partition coefficient (Wildman–Crippen LogP) is 5.64. The van der Waals surface area contributed by atoms with E-state index in [-0.39, 0.29) is 38.2 Å². The number of nitrogens with zero attached hydrogens (tertiary/aromatic N) is 4. The minimum atomic E-state index is -1.07. The van der Waals surface area contributed by atoms with Crippen molar-refractivity contribution in [3.8, 4) is 17.6 Å². The van der Waals surface area contributed by atoms with Crippen LogP contribution in [-0.2, 0) is 27.5 Å². The Morgan fingerprint density at radius 1 is 1.08 bits per heavy atom. The Morgan fingerprint density at radius 2 is 1.90 bits per heavy atom. The first-order chi connectivity index (χ1) is 25.2. The second-order valence-corrected chi connectivity index (χ2v) is 14.0. The normalized spacial score (nSPS) is 23.2. The van der Waals surface area contributed by atoms with E-state index in [1.54, 1.807) is 29.3 Å². The van der Waals surface area contributed by atoms with Gasteiger partial charge < -0.3 is 29.3 Å². The van der Waals surface area contributed by atoms with E-state index in [2.05, 4.69) is 11.1 Å². The maximum absolute atomic E-state index is 13.2. The molecule has 0 radical (unpaired) electrons. The molecule has 12 heteroatoms. The van der Waals surface area contributed by atoms with Gasteiger partial charge in [-0.3, -0.25) is 19.5 Å². The zero-order chi connectivity index (χ0) is 36.7. The Kier molecular flexibility index (Phi) is 11.9. The van der Waals surface area contributed by atoms with E-state index in [0.29, 0.717) is 65.7 Å². The first-order valence-electron chi connectivity index (χ1n) is 17.6. The van der Waals surface area contributed by atoms with Crippen molar-refractivity contribution in [3.05, 3.63) is 106 Å². The molecule has 0 saturated carbocycles. The lowest BCUT2D eigenvalue weighted by Gasteiger charge is -2.40. The highest BCUT2D eigenvalue weighted by Gasteiger charge is 2.41. The second-order valence-electron chi connectivity index (χ2n) is 13.6. The van der Waals surface area contributed by atoms with E-state index in [0.717, 1.165) is 24.0 Å². The zero-order valence-electron chi connectivity index (χ0n) is 29.1.